The molecule has 1 aliphatic rings. The van der Waals surface area contributed by atoms with Crippen molar-refractivity contribution >= 4 is 5.69 Å². The molecule has 0 amide bonds. The van der Waals surface area contributed by atoms with Crippen molar-refractivity contribution in [1.82, 2.24) is 4.90 Å². The van der Waals surface area contributed by atoms with Gasteiger partial charge in [-0.1, -0.05) is 26.0 Å². The Labute approximate surface area is 124 Å². The van der Waals surface area contributed by atoms with Gasteiger partial charge < -0.3 is 4.90 Å². The van der Waals surface area contributed by atoms with Gasteiger partial charge in [0.2, 0.25) is 0 Å². The van der Waals surface area contributed by atoms with Crippen LogP contribution in [0.15, 0.2) is 12.1 Å². The van der Waals surface area contributed by atoms with Crippen LogP contribution in [-0.4, -0.2) is 37.6 Å². The monoisotopic (exact) mass is 298 g/mol. The Morgan fingerprint density at radius 3 is 2.43 bits per heavy atom. The first kappa shape index (κ1) is 16.0. The lowest BCUT2D eigenvalue weighted by Crippen LogP contribution is -2.46. The fourth-order valence-electron chi connectivity index (χ4n) is 2.42. The molecule has 2 rings (SSSR count). The molecular formula is C16H21F3N2. The molecule has 1 fully saturated rings. The zero-order valence-electron chi connectivity index (χ0n) is 12.5. The quantitative estimate of drug-likeness (QED) is 0.840. The second kappa shape index (κ2) is 6.57. The van der Waals surface area contributed by atoms with Gasteiger partial charge in [-0.05, 0) is 24.9 Å². The summed E-state index contributed by atoms with van der Waals surface area (Å²) in [6, 6.07) is 7.38. The van der Waals surface area contributed by atoms with Crippen LogP contribution in [0.1, 0.15) is 25.8 Å². The molecule has 21 heavy (non-hydrogen) atoms. The highest BCUT2D eigenvalue weighted by Gasteiger charge is 2.31. The van der Waals surface area contributed by atoms with Crippen molar-refractivity contribution in [1.29, 1.82) is 0 Å². The number of halogens is 3. The molecule has 1 aromatic carbocycles. The van der Waals surface area contributed by atoms with Crippen LogP contribution in [-0.2, 0) is 6.18 Å². The molecule has 0 N–H and O–H groups in total. The van der Waals surface area contributed by atoms with Crippen LogP contribution in [0.5, 0.6) is 0 Å². The molecule has 0 spiro atoms. The van der Waals surface area contributed by atoms with Crippen LogP contribution in [0, 0.1) is 18.1 Å². The molecule has 0 atom stereocenters. The highest BCUT2D eigenvalue weighted by Crippen LogP contribution is 2.30. The Bertz CT molecular complexity index is 449. The molecular weight excluding hydrogens is 277 g/mol. The van der Waals surface area contributed by atoms with E-state index in [1.807, 2.05) is 4.90 Å². The molecule has 0 unspecified atom stereocenters. The summed E-state index contributed by atoms with van der Waals surface area (Å²) < 4.78 is 38.1. The van der Waals surface area contributed by atoms with Gasteiger partial charge in [0.15, 0.2) is 0 Å². The smallest absolute Gasteiger partial charge is 0.368 e. The number of hydrogen-bond acceptors (Lipinski definition) is 2. The molecule has 0 aliphatic carbocycles. The van der Waals surface area contributed by atoms with Gasteiger partial charge in [0.25, 0.3) is 0 Å². The van der Waals surface area contributed by atoms with Crippen molar-refractivity contribution in [3.63, 3.8) is 0 Å². The van der Waals surface area contributed by atoms with Crippen LogP contribution < -0.4 is 4.90 Å². The predicted octanol–water partition coefficient (Wildman–Crippen LogP) is 3.47. The highest BCUT2D eigenvalue weighted by atomic mass is 19.4. The molecule has 0 saturated carbocycles. The first-order valence-electron chi connectivity index (χ1n) is 7.34. The minimum atomic E-state index is -4.36. The normalized spacial score (nSPS) is 17.1. The van der Waals surface area contributed by atoms with Crippen molar-refractivity contribution in [2.24, 2.45) is 5.92 Å². The number of alkyl halides is 3. The van der Waals surface area contributed by atoms with Crippen LogP contribution in [0.25, 0.3) is 0 Å². The summed E-state index contributed by atoms with van der Waals surface area (Å²) >= 11 is 0. The third-order valence-corrected chi connectivity index (χ3v) is 3.78. The Hall–Kier alpha value is -1.41. The fourth-order valence-corrected chi connectivity index (χ4v) is 2.42. The topological polar surface area (TPSA) is 6.48 Å². The molecule has 1 aromatic rings. The molecule has 0 aromatic heterocycles. The summed E-state index contributed by atoms with van der Waals surface area (Å²) in [5.41, 5.74) is -0.160. The van der Waals surface area contributed by atoms with Gasteiger partial charge in [0.1, 0.15) is 5.56 Å². The Morgan fingerprint density at radius 2 is 1.86 bits per heavy atom. The maximum absolute atomic E-state index is 12.7. The number of hydrogen-bond donors (Lipinski definition) is 0. The van der Waals surface area contributed by atoms with Crippen LogP contribution in [0.3, 0.4) is 0 Å². The molecule has 2 nitrogen and oxygen atoms in total. The number of rotatable bonds is 4. The van der Waals surface area contributed by atoms with Gasteiger partial charge in [-0.25, -0.2) is 0 Å². The second-order valence-corrected chi connectivity index (χ2v) is 5.91. The minimum absolute atomic E-state index is 0.588. The van der Waals surface area contributed by atoms with E-state index < -0.39 is 11.7 Å². The van der Waals surface area contributed by atoms with E-state index in [4.69, 9.17) is 0 Å². The van der Waals surface area contributed by atoms with E-state index in [1.165, 1.54) is 6.07 Å². The molecule has 5 heteroatoms. The van der Waals surface area contributed by atoms with E-state index in [-0.39, 0.29) is 0 Å². The average molecular weight is 298 g/mol. The van der Waals surface area contributed by atoms with Gasteiger partial charge >= 0.3 is 6.18 Å². The highest BCUT2D eigenvalue weighted by molar-refractivity contribution is 5.47. The largest absolute Gasteiger partial charge is 0.424 e. The number of nitrogens with zero attached hydrogens (tertiary/aromatic N) is 2. The first-order chi connectivity index (χ1) is 9.86. The van der Waals surface area contributed by atoms with E-state index in [9.17, 15) is 13.2 Å². The predicted molar refractivity (Wildman–Crippen MR) is 77.2 cm³/mol. The second-order valence-electron chi connectivity index (χ2n) is 5.91. The Kier molecular flexibility index (Phi) is 5.00. The van der Waals surface area contributed by atoms with Crippen molar-refractivity contribution in [3.8, 4) is 0 Å². The zero-order chi connectivity index (χ0) is 15.5. The first-order valence-corrected chi connectivity index (χ1v) is 7.34. The third kappa shape index (κ3) is 4.53. The SMILES string of the molecule is CC(C)CCN1CCN(c2cc#cc(C(F)(F)F)c2)CC1. The zero-order valence-corrected chi connectivity index (χ0v) is 12.5. The van der Waals surface area contributed by atoms with E-state index in [0.717, 1.165) is 39.1 Å². The molecule has 1 saturated heterocycles. The lowest BCUT2D eigenvalue weighted by Gasteiger charge is -2.36. The van der Waals surface area contributed by atoms with Gasteiger partial charge in [0, 0.05) is 37.9 Å². The van der Waals surface area contributed by atoms with Crippen molar-refractivity contribution < 1.29 is 13.2 Å². The molecule has 0 radical (unpaired) electrons. The average Bonchev–Trinajstić information content (AvgIpc) is 2.45. The number of anilines is 1. The van der Waals surface area contributed by atoms with Crippen molar-refractivity contribution in [3.05, 3.63) is 29.8 Å². The van der Waals surface area contributed by atoms with Crippen molar-refractivity contribution in [2.45, 2.75) is 26.4 Å². The van der Waals surface area contributed by atoms with Crippen LogP contribution >= 0.6 is 0 Å². The molecule has 1 heterocycles. The minimum Gasteiger partial charge on any atom is -0.368 e. The Balaban J connectivity index is 1.93. The van der Waals surface area contributed by atoms with Gasteiger partial charge in [-0.15, -0.1) is 0 Å². The van der Waals surface area contributed by atoms with E-state index in [2.05, 4.69) is 30.9 Å². The molecule has 0 bridgehead atoms. The van der Waals surface area contributed by atoms with E-state index in [1.54, 1.807) is 6.07 Å². The maximum atomic E-state index is 12.7. The van der Waals surface area contributed by atoms with Crippen LogP contribution in [0.4, 0.5) is 18.9 Å². The van der Waals surface area contributed by atoms with Crippen LogP contribution in [0.2, 0.25) is 0 Å². The lowest BCUT2D eigenvalue weighted by molar-refractivity contribution is -0.137. The van der Waals surface area contributed by atoms with Gasteiger partial charge in [0.05, 0.1) is 0 Å². The third-order valence-electron chi connectivity index (χ3n) is 3.78. The van der Waals surface area contributed by atoms with Crippen molar-refractivity contribution in [2.75, 3.05) is 37.6 Å². The molecule has 1 aliphatic heterocycles. The molecule has 116 valence electrons. The number of piperazine rings is 1. The summed E-state index contributed by atoms with van der Waals surface area (Å²) in [7, 11) is 0. The standard InChI is InChI=1S/C16H21F3N2/c1-13(2)6-7-20-8-10-21(11-9-20)15-5-3-4-14(12-15)16(17,18)19/h5,12-13H,6-11H2,1-2H3. The summed E-state index contributed by atoms with van der Waals surface area (Å²) in [6.07, 6.45) is -3.20. The summed E-state index contributed by atoms with van der Waals surface area (Å²) in [6.45, 7) is 8.77. The Morgan fingerprint density at radius 1 is 1.19 bits per heavy atom. The fraction of sp³-hybridized carbons (Fsp3) is 0.625. The van der Waals surface area contributed by atoms with Gasteiger partial charge in [-0.3, -0.25) is 4.90 Å². The van der Waals surface area contributed by atoms with E-state index >= 15 is 0 Å². The summed E-state index contributed by atoms with van der Waals surface area (Å²) in [5, 5.41) is 0. The summed E-state index contributed by atoms with van der Waals surface area (Å²) in [4.78, 5) is 4.37. The maximum Gasteiger partial charge on any atom is 0.424 e. The lowest BCUT2D eigenvalue weighted by atomic mass is 10.1. The summed E-state index contributed by atoms with van der Waals surface area (Å²) in [5.74, 6) is 0.677. The van der Waals surface area contributed by atoms with Gasteiger partial charge in [-0.2, -0.15) is 13.2 Å². The van der Waals surface area contributed by atoms with E-state index in [0.29, 0.717) is 11.6 Å².